The van der Waals surface area contributed by atoms with E-state index in [-0.39, 0.29) is 5.56 Å². The standard InChI is InChI=1S/C15H16F3NS/c1-3-7-19-15(10-6-8-20-9(10)2)11-4-5-12(16)14(18)13(11)17/h4-6,8,15,19H,3,7H2,1-2H3. The zero-order chi connectivity index (χ0) is 14.7. The average Bonchev–Trinajstić information content (AvgIpc) is 2.85. The number of rotatable bonds is 5. The summed E-state index contributed by atoms with van der Waals surface area (Å²) in [4.78, 5) is 1.03. The monoisotopic (exact) mass is 299 g/mol. The van der Waals surface area contributed by atoms with Crippen LogP contribution in [0, 0.1) is 24.4 Å². The molecule has 0 aliphatic carbocycles. The molecule has 1 nitrogen and oxygen atoms in total. The lowest BCUT2D eigenvalue weighted by molar-refractivity contribution is 0.432. The van der Waals surface area contributed by atoms with Gasteiger partial charge in [-0.05, 0) is 43.0 Å². The van der Waals surface area contributed by atoms with Crippen LogP contribution < -0.4 is 5.32 Å². The maximum absolute atomic E-state index is 14.0. The van der Waals surface area contributed by atoms with E-state index in [2.05, 4.69) is 5.32 Å². The first-order chi connectivity index (χ1) is 9.56. The number of nitrogens with one attached hydrogen (secondary N) is 1. The second-order valence-electron chi connectivity index (χ2n) is 4.58. The van der Waals surface area contributed by atoms with Crippen LogP contribution in [0.25, 0.3) is 0 Å². The molecule has 0 saturated heterocycles. The molecule has 0 fully saturated rings. The molecule has 2 rings (SSSR count). The van der Waals surface area contributed by atoms with Crippen LogP contribution in [0.1, 0.15) is 35.4 Å². The Morgan fingerprint density at radius 3 is 2.45 bits per heavy atom. The number of hydrogen-bond acceptors (Lipinski definition) is 2. The first-order valence-electron chi connectivity index (χ1n) is 6.47. The van der Waals surface area contributed by atoms with Crippen molar-refractivity contribution in [2.24, 2.45) is 0 Å². The van der Waals surface area contributed by atoms with E-state index in [9.17, 15) is 13.2 Å². The highest BCUT2D eigenvalue weighted by Gasteiger charge is 2.23. The Morgan fingerprint density at radius 1 is 1.10 bits per heavy atom. The predicted octanol–water partition coefficient (Wildman–Crippen LogP) is 4.56. The van der Waals surface area contributed by atoms with E-state index in [0.717, 1.165) is 22.9 Å². The summed E-state index contributed by atoms with van der Waals surface area (Å²) in [5.41, 5.74) is 1.03. The molecule has 1 unspecified atom stereocenters. The van der Waals surface area contributed by atoms with Gasteiger partial charge >= 0.3 is 0 Å². The van der Waals surface area contributed by atoms with Crippen molar-refractivity contribution in [3.05, 3.63) is 57.0 Å². The van der Waals surface area contributed by atoms with Crippen LogP contribution in [0.15, 0.2) is 23.6 Å². The maximum atomic E-state index is 14.0. The van der Waals surface area contributed by atoms with Crippen LogP contribution in [-0.4, -0.2) is 6.54 Å². The minimum Gasteiger partial charge on any atom is -0.306 e. The topological polar surface area (TPSA) is 12.0 Å². The molecule has 5 heteroatoms. The summed E-state index contributed by atoms with van der Waals surface area (Å²) in [6.45, 7) is 4.59. The fraction of sp³-hybridized carbons (Fsp3) is 0.333. The molecule has 20 heavy (non-hydrogen) atoms. The minimum absolute atomic E-state index is 0.138. The predicted molar refractivity (Wildman–Crippen MR) is 75.5 cm³/mol. The summed E-state index contributed by atoms with van der Waals surface area (Å²) < 4.78 is 40.5. The smallest absolute Gasteiger partial charge is 0.194 e. The maximum Gasteiger partial charge on any atom is 0.194 e. The largest absolute Gasteiger partial charge is 0.306 e. The van der Waals surface area contributed by atoms with Crippen LogP contribution in [0.2, 0.25) is 0 Å². The van der Waals surface area contributed by atoms with E-state index >= 15 is 0 Å². The van der Waals surface area contributed by atoms with Gasteiger partial charge in [0, 0.05) is 10.4 Å². The van der Waals surface area contributed by atoms with E-state index in [0.29, 0.717) is 6.54 Å². The molecule has 0 spiro atoms. The second kappa shape index (κ2) is 6.41. The SMILES string of the molecule is CCCNC(c1ccsc1C)c1ccc(F)c(F)c1F. The van der Waals surface area contributed by atoms with E-state index in [1.54, 1.807) is 11.3 Å². The van der Waals surface area contributed by atoms with Gasteiger partial charge in [0.25, 0.3) is 0 Å². The Morgan fingerprint density at radius 2 is 1.85 bits per heavy atom. The molecule has 0 aliphatic heterocycles. The molecule has 0 amide bonds. The molecule has 0 bridgehead atoms. The summed E-state index contributed by atoms with van der Waals surface area (Å²) in [7, 11) is 0. The summed E-state index contributed by atoms with van der Waals surface area (Å²) in [5.74, 6) is -3.70. The van der Waals surface area contributed by atoms with Crippen LogP contribution in [0.3, 0.4) is 0 Å². The Hall–Kier alpha value is -1.33. The fourth-order valence-corrected chi connectivity index (χ4v) is 2.87. The molecule has 108 valence electrons. The molecule has 2 aromatic rings. The lowest BCUT2D eigenvalue weighted by Gasteiger charge is -2.20. The molecule has 1 N–H and O–H groups in total. The van der Waals surface area contributed by atoms with Gasteiger partial charge in [0.15, 0.2) is 17.5 Å². The Kier molecular flexibility index (Phi) is 4.83. The van der Waals surface area contributed by atoms with Crippen LogP contribution in [0.4, 0.5) is 13.2 Å². The van der Waals surface area contributed by atoms with Crippen molar-refractivity contribution in [1.29, 1.82) is 0 Å². The number of benzene rings is 1. The van der Waals surface area contributed by atoms with Gasteiger partial charge in [0.05, 0.1) is 6.04 Å². The van der Waals surface area contributed by atoms with Gasteiger partial charge in [-0.25, -0.2) is 13.2 Å². The third-order valence-corrected chi connectivity index (χ3v) is 4.05. The average molecular weight is 299 g/mol. The molecule has 1 atom stereocenters. The van der Waals surface area contributed by atoms with Gasteiger partial charge in [-0.2, -0.15) is 0 Å². The van der Waals surface area contributed by atoms with Gasteiger partial charge in [0.2, 0.25) is 0 Å². The molecular weight excluding hydrogens is 283 g/mol. The van der Waals surface area contributed by atoms with Crippen molar-refractivity contribution in [3.63, 3.8) is 0 Å². The minimum atomic E-state index is -1.42. The first kappa shape index (κ1) is 15.1. The summed E-state index contributed by atoms with van der Waals surface area (Å²) in [6, 6.07) is 3.69. The van der Waals surface area contributed by atoms with Crippen molar-refractivity contribution in [1.82, 2.24) is 5.32 Å². The second-order valence-corrected chi connectivity index (χ2v) is 5.70. The fourth-order valence-electron chi connectivity index (χ4n) is 2.13. The highest BCUT2D eigenvalue weighted by Crippen LogP contribution is 2.31. The molecule has 0 saturated carbocycles. The zero-order valence-electron chi connectivity index (χ0n) is 11.3. The lowest BCUT2D eigenvalue weighted by atomic mass is 9.98. The molecule has 1 aromatic heterocycles. The Bertz CT molecular complexity index is 595. The molecule has 1 aromatic carbocycles. The molecule has 0 radical (unpaired) electrons. The number of thiophene rings is 1. The highest BCUT2D eigenvalue weighted by molar-refractivity contribution is 7.10. The van der Waals surface area contributed by atoms with Crippen molar-refractivity contribution in [2.45, 2.75) is 26.3 Å². The Balaban J connectivity index is 2.47. The van der Waals surface area contributed by atoms with Crippen molar-refractivity contribution >= 4 is 11.3 Å². The molecular formula is C15H16F3NS. The van der Waals surface area contributed by atoms with Gasteiger partial charge in [-0.15, -0.1) is 11.3 Å². The van der Waals surface area contributed by atoms with Gasteiger partial charge < -0.3 is 5.32 Å². The van der Waals surface area contributed by atoms with E-state index in [1.807, 2.05) is 25.3 Å². The van der Waals surface area contributed by atoms with Crippen molar-refractivity contribution in [2.75, 3.05) is 6.54 Å². The highest BCUT2D eigenvalue weighted by atomic mass is 32.1. The van der Waals surface area contributed by atoms with Crippen LogP contribution in [-0.2, 0) is 0 Å². The summed E-state index contributed by atoms with van der Waals surface area (Å²) >= 11 is 1.54. The number of hydrogen-bond donors (Lipinski definition) is 1. The number of halogens is 3. The van der Waals surface area contributed by atoms with Crippen LogP contribution in [0.5, 0.6) is 0 Å². The molecule has 0 aliphatic rings. The Labute approximate surface area is 120 Å². The number of aryl methyl sites for hydroxylation is 1. The third kappa shape index (κ3) is 2.88. The van der Waals surface area contributed by atoms with Crippen molar-refractivity contribution < 1.29 is 13.2 Å². The quantitative estimate of drug-likeness (QED) is 0.798. The zero-order valence-corrected chi connectivity index (χ0v) is 12.2. The summed E-state index contributed by atoms with van der Waals surface area (Å²) in [6.07, 6.45) is 0.866. The van der Waals surface area contributed by atoms with Crippen molar-refractivity contribution in [3.8, 4) is 0 Å². The van der Waals surface area contributed by atoms with E-state index < -0.39 is 23.5 Å². The van der Waals surface area contributed by atoms with Gasteiger partial charge in [-0.1, -0.05) is 13.0 Å². The van der Waals surface area contributed by atoms with Gasteiger partial charge in [-0.3, -0.25) is 0 Å². The third-order valence-electron chi connectivity index (χ3n) is 3.18. The first-order valence-corrected chi connectivity index (χ1v) is 7.35. The summed E-state index contributed by atoms with van der Waals surface area (Å²) in [5, 5.41) is 5.10. The van der Waals surface area contributed by atoms with Crippen LogP contribution >= 0.6 is 11.3 Å². The molecule has 1 heterocycles. The van der Waals surface area contributed by atoms with E-state index in [4.69, 9.17) is 0 Å². The van der Waals surface area contributed by atoms with Gasteiger partial charge in [0.1, 0.15) is 0 Å². The van der Waals surface area contributed by atoms with E-state index in [1.165, 1.54) is 6.07 Å². The lowest BCUT2D eigenvalue weighted by Crippen LogP contribution is -2.24. The normalized spacial score (nSPS) is 12.7.